The average Bonchev–Trinajstić information content (AvgIpc) is 2.78. The molecule has 2 N–H and O–H groups in total. The summed E-state index contributed by atoms with van der Waals surface area (Å²) < 4.78 is 4.95. The number of rotatable bonds is 4. The molecule has 0 saturated heterocycles. The topological polar surface area (TPSA) is 108 Å². The van der Waals surface area contributed by atoms with Gasteiger partial charge in [0.05, 0.1) is 4.92 Å². The van der Waals surface area contributed by atoms with Crippen molar-refractivity contribution < 1.29 is 9.45 Å². The van der Waals surface area contributed by atoms with Gasteiger partial charge < -0.3 is 10.3 Å². The molecule has 0 aliphatic heterocycles. The minimum atomic E-state index is -0.468. The lowest BCUT2D eigenvalue weighted by Crippen LogP contribution is -2.02. The van der Waals surface area contributed by atoms with Crippen molar-refractivity contribution in [1.82, 2.24) is 10.1 Å². The summed E-state index contributed by atoms with van der Waals surface area (Å²) in [5.41, 5.74) is 5.90. The molecule has 7 heteroatoms. The number of nitrogens with two attached hydrogens (primary N) is 1. The van der Waals surface area contributed by atoms with Crippen LogP contribution >= 0.6 is 0 Å². The van der Waals surface area contributed by atoms with Crippen molar-refractivity contribution in [1.29, 1.82) is 0 Å². The van der Waals surface area contributed by atoms with Crippen LogP contribution in [0.15, 0.2) is 28.8 Å². The molecule has 2 rings (SSSR count). The standard InChI is InChI=1S/C10H10N4O3/c11-5-4-9-12-10(13-17-9)7-2-1-3-8(6-7)14(15)16/h1-3,6H,4-5,11H2. The fourth-order valence-corrected chi connectivity index (χ4v) is 1.36. The van der Waals surface area contributed by atoms with Gasteiger partial charge in [-0.2, -0.15) is 4.98 Å². The highest BCUT2D eigenvalue weighted by atomic mass is 16.6. The fraction of sp³-hybridized carbons (Fsp3) is 0.200. The Labute approximate surface area is 96.4 Å². The minimum Gasteiger partial charge on any atom is -0.339 e. The Morgan fingerprint density at radius 1 is 1.47 bits per heavy atom. The number of nitro benzene ring substituents is 1. The number of benzene rings is 1. The average molecular weight is 234 g/mol. The number of hydrogen-bond acceptors (Lipinski definition) is 6. The van der Waals surface area contributed by atoms with E-state index in [-0.39, 0.29) is 5.69 Å². The first-order chi connectivity index (χ1) is 8.20. The third-order valence-electron chi connectivity index (χ3n) is 2.14. The molecule has 88 valence electrons. The Balaban J connectivity index is 2.32. The van der Waals surface area contributed by atoms with Crippen LogP contribution in [0.1, 0.15) is 5.89 Å². The highest BCUT2D eigenvalue weighted by Gasteiger charge is 2.11. The quantitative estimate of drug-likeness (QED) is 0.627. The molecule has 1 aromatic heterocycles. The molecule has 2 aromatic rings. The second-order valence-corrected chi connectivity index (χ2v) is 3.36. The maximum Gasteiger partial charge on any atom is 0.270 e. The first kappa shape index (κ1) is 11.2. The van der Waals surface area contributed by atoms with E-state index in [2.05, 4.69) is 10.1 Å². The van der Waals surface area contributed by atoms with E-state index in [1.807, 2.05) is 0 Å². The van der Waals surface area contributed by atoms with Crippen molar-refractivity contribution in [2.45, 2.75) is 6.42 Å². The van der Waals surface area contributed by atoms with Crippen LogP contribution < -0.4 is 5.73 Å². The minimum absolute atomic E-state index is 0.00678. The van der Waals surface area contributed by atoms with Gasteiger partial charge in [0.25, 0.3) is 5.69 Å². The maximum absolute atomic E-state index is 10.6. The van der Waals surface area contributed by atoms with E-state index in [1.54, 1.807) is 12.1 Å². The Kier molecular flexibility index (Phi) is 3.10. The molecule has 7 nitrogen and oxygen atoms in total. The summed E-state index contributed by atoms with van der Waals surface area (Å²) in [6.07, 6.45) is 0.488. The first-order valence-electron chi connectivity index (χ1n) is 4.98. The van der Waals surface area contributed by atoms with Crippen LogP contribution in [0.5, 0.6) is 0 Å². The molecule has 0 atom stereocenters. The largest absolute Gasteiger partial charge is 0.339 e. The fourth-order valence-electron chi connectivity index (χ4n) is 1.36. The van der Waals surface area contributed by atoms with Crippen molar-refractivity contribution in [3.63, 3.8) is 0 Å². The van der Waals surface area contributed by atoms with E-state index >= 15 is 0 Å². The molecular formula is C10H10N4O3. The summed E-state index contributed by atoms with van der Waals surface area (Å²) in [5, 5.41) is 14.4. The lowest BCUT2D eigenvalue weighted by atomic mass is 10.2. The van der Waals surface area contributed by atoms with Crippen LogP contribution in [0, 0.1) is 10.1 Å². The summed E-state index contributed by atoms with van der Waals surface area (Å²) in [6, 6.07) is 6.07. The van der Waals surface area contributed by atoms with Crippen LogP contribution in [0.2, 0.25) is 0 Å². The zero-order valence-electron chi connectivity index (χ0n) is 8.87. The molecule has 1 heterocycles. The third-order valence-corrected chi connectivity index (χ3v) is 2.14. The van der Waals surface area contributed by atoms with Crippen LogP contribution in [0.4, 0.5) is 5.69 Å². The van der Waals surface area contributed by atoms with Crippen LogP contribution in [0.3, 0.4) is 0 Å². The normalized spacial score (nSPS) is 10.4. The van der Waals surface area contributed by atoms with Gasteiger partial charge in [-0.1, -0.05) is 17.3 Å². The van der Waals surface area contributed by atoms with Gasteiger partial charge in [-0.3, -0.25) is 10.1 Å². The van der Waals surface area contributed by atoms with E-state index in [0.717, 1.165) is 0 Å². The van der Waals surface area contributed by atoms with Crippen molar-refractivity contribution in [3.8, 4) is 11.4 Å². The summed E-state index contributed by atoms with van der Waals surface area (Å²) in [4.78, 5) is 14.2. The Morgan fingerprint density at radius 3 is 3.00 bits per heavy atom. The smallest absolute Gasteiger partial charge is 0.270 e. The molecular weight excluding hydrogens is 224 g/mol. The SMILES string of the molecule is NCCc1nc(-c2cccc([N+](=O)[O-])c2)no1. The monoisotopic (exact) mass is 234 g/mol. The van der Waals surface area contributed by atoms with E-state index in [0.29, 0.717) is 30.2 Å². The van der Waals surface area contributed by atoms with E-state index in [9.17, 15) is 10.1 Å². The second-order valence-electron chi connectivity index (χ2n) is 3.36. The number of nitrogens with zero attached hydrogens (tertiary/aromatic N) is 3. The molecule has 1 aromatic carbocycles. The lowest BCUT2D eigenvalue weighted by Gasteiger charge is -1.94. The zero-order valence-corrected chi connectivity index (χ0v) is 8.87. The van der Waals surface area contributed by atoms with E-state index in [1.165, 1.54) is 12.1 Å². The molecule has 0 fully saturated rings. The predicted molar refractivity (Wildman–Crippen MR) is 59.1 cm³/mol. The molecule has 0 unspecified atom stereocenters. The van der Waals surface area contributed by atoms with E-state index < -0.39 is 4.92 Å². The molecule has 0 saturated carbocycles. The van der Waals surface area contributed by atoms with Crippen molar-refractivity contribution in [2.75, 3.05) is 6.54 Å². The summed E-state index contributed by atoms with van der Waals surface area (Å²) >= 11 is 0. The molecule has 0 aliphatic carbocycles. The second kappa shape index (κ2) is 4.71. The highest BCUT2D eigenvalue weighted by molar-refractivity contribution is 5.58. The highest BCUT2D eigenvalue weighted by Crippen LogP contribution is 2.21. The van der Waals surface area contributed by atoms with Gasteiger partial charge in [-0.05, 0) is 0 Å². The maximum atomic E-state index is 10.6. The van der Waals surface area contributed by atoms with Crippen LogP contribution in [-0.2, 0) is 6.42 Å². The summed E-state index contributed by atoms with van der Waals surface area (Å²) in [6.45, 7) is 0.413. The lowest BCUT2D eigenvalue weighted by molar-refractivity contribution is -0.384. The van der Waals surface area contributed by atoms with Gasteiger partial charge in [0, 0.05) is 30.7 Å². The molecule has 0 aliphatic rings. The summed E-state index contributed by atoms with van der Waals surface area (Å²) in [7, 11) is 0. The van der Waals surface area contributed by atoms with Crippen molar-refractivity contribution in [3.05, 3.63) is 40.3 Å². The summed E-state index contributed by atoms with van der Waals surface area (Å²) in [5.74, 6) is 0.756. The Hall–Kier alpha value is -2.28. The van der Waals surface area contributed by atoms with E-state index in [4.69, 9.17) is 10.3 Å². The molecule has 0 spiro atoms. The number of aromatic nitrogens is 2. The number of non-ortho nitro benzene ring substituents is 1. The first-order valence-corrected chi connectivity index (χ1v) is 4.98. The van der Waals surface area contributed by atoms with Gasteiger partial charge in [0.2, 0.25) is 11.7 Å². The van der Waals surface area contributed by atoms with Gasteiger partial charge >= 0.3 is 0 Å². The van der Waals surface area contributed by atoms with Crippen molar-refractivity contribution >= 4 is 5.69 Å². The third kappa shape index (κ3) is 2.45. The molecule has 0 bridgehead atoms. The van der Waals surface area contributed by atoms with Gasteiger partial charge in [-0.15, -0.1) is 0 Å². The number of hydrogen-bond donors (Lipinski definition) is 1. The Bertz CT molecular complexity index is 538. The zero-order chi connectivity index (χ0) is 12.3. The van der Waals surface area contributed by atoms with Gasteiger partial charge in [0.15, 0.2) is 0 Å². The van der Waals surface area contributed by atoms with Gasteiger partial charge in [-0.25, -0.2) is 0 Å². The molecule has 17 heavy (non-hydrogen) atoms. The van der Waals surface area contributed by atoms with Gasteiger partial charge in [0.1, 0.15) is 0 Å². The van der Waals surface area contributed by atoms with Crippen LogP contribution in [0.25, 0.3) is 11.4 Å². The number of nitro groups is 1. The molecule has 0 radical (unpaired) electrons. The van der Waals surface area contributed by atoms with Crippen molar-refractivity contribution in [2.24, 2.45) is 5.73 Å². The predicted octanol–water partition coefficient (Wildman–Crippen LogP) is 1.15. The van der Waals surface area contributed by atoms with Crippen LogP contribution in [-0.4, -0.2) is 21.6 Å². The Morgan fingerprint density at radius 2 is 2.29 bits per heavy atom. The molecule has 0 amide bonds.